The van der Waals surface area contributed by atoms with Gasteiger partial charge in [0.05, 0.1) is 0 Å². The van der Waals surface area contributed by atoms with Crippen LogP contribution in [0.15, 0.2) is 84.9 Å². The molecule has 1 N–H and O–H groups in total. The first kappa shape index (κ1) is 15.9. The van der Waals surface area contributed by atoms with Crippen molar-refractivity contribution in [3.05, 3.63) is 102 Å². The van der Waals surface area contributed by atoms with Crippen molar-refractivity contribution in [2.75, 3.05) is 31.1 Å². The van der Waals surface area contributed by atoms with Crippen LogP contribution < -0.4 is 10.2 Å². The number of hydrogen-bond acceptors (Lipinski definition) is 2. The molecule has 2 nitrogen and oxygen atoms in total. The summed E-state index contributed by atoms with van der Waals surface area (Å²) in [6, 6.07) is 30.7. The normalized spacial score (nSPS) is 14.7. The predicted molar refractivity (Wildman–Crippen MR) is 105 cm³/mol. The summed E-state index contributed by atoms with van der Waals surface area (Å²) >= 11 is 0. The molecule has 1 fully saturated rings. The van der Waals surface area contributed by atoms with Crippen molar-refractivity contribution in [1.82, 2.24) is 5.32 Å². The Labute approximate surface area is 150 Å². The summed E-state index contributed by atoms with van der Waals surface area (Å²) in [4.78, 5) is 2.46. The zero-order valence-corrected chi connectivity index (χ0v) is 14.4. The largest absolute Gasteiger partial charge is 0.369 e. The molecule has 1 saturated heterocycles. The quantitative estimate of drug-likeness (QED) is 0.719. The van der Waals surface area contributed by atoms with E-state index in [0.29, 0.717) is 0 Å². The molecule has 0 unspecified atom stereocenters. The van der Waals surface area contributed by atoms with Crippen LogP contribution in [0.2, 0.25) is 0 Å². The van der Waals surface area contributed by atoms with Gasteiger partial charge in [-0.1, -0.05) is 72.8 Å². The average Bonchev–Trinajstić information content (AvgIpc) is 2.71. The predicted octanol–water partition coefficient (Wildman–Crippen LogP) is 4.28. The van der Waals surface area contributed by atoms with Crippen LogP contribution >= 0.6 is 0 Å². The number of nitrogens with zero attached hydrogens (tertiary/aromatic N) is 1. The molecule has 1 heterocycles. The fourth-order valence-corrected chi connectivity index (χ4v) is 3.67. The monoisotopic (exact) mass is 328 g/mol. The van der Waals surface area contributed by atoms with E-state index < -0.39 is 0 Å². The molecule has 1 aliphatic rings. The number of anilines is 1. The van der Waals surface area contributed by atoms with Crippen LogP contribution in [0.3, 0.4) is 0 Å². The molecule has 1 aliphatic heterocycles. The molecule has 0 radical (unpaired) electrons. The summed E-state index contributed by atoms with van der Waals surface area (Å²) in [5, 5.41) is 3.42. The van der Waals surface area contributed by atoms with Crippen LogP contribution in [0.1, 0.15) is 22.6 Å². The molecule has 0 aliphatic carbocycles. The first-order valence-corrected chi connectivity index (χ1v) is 9.07. The lowest BCUT2D eigenvalue weighted by Gasteiger charge is -2.30. The number of rotatable bonds is 4. The molecular formula is C23H24N2. The van der Waals surface area contributed by atoms with Gasteiger partial charge in [0.15, 0.2) is 0 Å². The SMILES string of the molecule is c1ccc(C(c2ccccc2)c2ccc(N3CCNCC3)cc2)cc1. The Kier molecular flexibility index (Phi) is 4.80. The Morgan fingerprint density at radius 2 is 1.08 bits per heavy atom. The van der Waals surface area contributed by atoms with Gasteiger partial charge in [-0.3, -0.25) is 0 Å². The van der Waals surface area contributed by atoms with Gasteiger partial charge in [0.25, 0.3) is 0 Å². The minimum Gasteiger partial charge on any atom is -0.369 e. The third-order valence-electron chi connectivity index (χ3n) is 4.97. The molecule has 0 saturated carbocycles. The van der Waals surface area contributed by atoms with Crippen molar-refractivity contribution in [2.45, 2.75) is 5.92 Å². The van der Waals surface area contributed by atoms with Gasteiger partial charge in [-0.25, -0.2) is 0 Å². The smallest absolute Gasteiger partial charge is 0.0367 e. The first-order chi connectivity index (χ1) is 12.4. The van der Waals surface area contributed by atoms with E-state index in [0.717, 1.165) is 26.2 Å². The fourth-order valence-electron chi connectivity index (χ4n) is 3.67. The Morgan fingerprint density at radius 1 is 0.600 bits per heavy atom. The maximum Gasteiger partial charge on any atom is 0.0367 e. The summed E-state index contributed by atoms with van der Waals surface area (Å²) in [5.74, 6) is 0.277. The highest BCUT2D eigenvalue weighted by Gasteiger charge is 2.17. The Bertz CT molecular complexity index is 736. The maximum atomic E-state index is 3.42. The highest BCUT2D eigenvalue weighted by molar-refractivity contribution is 5.51. The fraction of sp³-hybridized carbons (Fsp3) is 0.217. The van der Waals surface area contributed by atoms with Gasteiger partial charge in [0.2, 0.25) is 0 Å². The molecule has 3 aromatic carbocycles. The van der Waals surface area contributed by atoms with E-state index in [2.05, 4.69) is 95.1 Å². The van der Waals surface area contributed by atoms with Crippen molar-refractivity contribution in [3.63, 3.8) is 0 Å². The van der Waals surface area contributed by atoms with Gasteiger partial charge >= 0.3 is 0 Å². The van der Waals surface area contributed by atoms with Crippen molar-refractivity contribution in [1.29, 1.82) is 0 Å². The van der Waals surface area contributed by atoms with Crippen LogP contribution in [0, 0.1) is 0 Å². The van der Waals surface area contributed by atoms with Gasteiger partial charge < -0.3 is 10.2 Å². The van der Waals surface area contributed by atoms with E-state index in [1.165, 1.54) is 22.4 Å². The number of benzene rings is 3. The van der Waals surface area contributed by atoms with E-state index in [9.17, 15) is 0 Å². The van der Waals surface area contributed by atoms with E-state index in [-0.39, 0.29) is 5.92 Å². The van der Waals surface area contributed by atoms with Crippen molar-refractivity contribution >= 4 is 5.69 Å². The Hall–Kier alpha value is -2.58. The number of nitrogens with one attached hydrogen (secondary N) is 1. The lowest BCUT2D eigenvalue weighted by Crippen LogP contribution is -2.43. The topological polar surface area (TPSA) is 15.3 Å². The van der Waals surface area contributed by atoms with Crippen LogP contribution in [0.5, 0.6) is 0 Å². The highest BCUT2D eigenvalue weighted by Crippen LogP contribution is 2.32. The molecule has 25 heavy (non-hydrogen) atoms. The number of hydrogen-bond donors (Lipinski definition) is 1. The third kappa shape index (κ3) is 3.59. The highest BCUT2D eigenvalue weighted by atomic mass is 15.2. The minimum atomic E-state index is 0.277. The lowest BCUT2D eigenvalue weighted by atomic mass is 9.85. The van der Waals surface area contributed by atoms with Crippen molar-refractivity contribution < 1.29 is 0 Å². The van der Waals surface area contributed by atoms with Crippen molar-refractivity contribution in [3.8, 4) is 0 Å². The molecule has 0 amide bonds. The second kappa shape index (κ2) is 7.54. The summed E-state index contributed by atoms with van der Waals surface area (Å²) in [7, 11) is 0. The zero-order valence-electron chi connectivity index (χ0n) is 14.4. The summed E-state index contributed by atoms with van der Waals surface area (Å²) in [6.45, 7) is 4.30. The van der Waals surface area contributed by atoms with Crippen LogP contribution in [0.25, 0.3) is 0 Å². The molecule has 0 spiro atoms. The lowest BCUT2D eigenvalue weighted by molar-refractivity contribution is 0.589. The zero-order chi connectivity index (χ0) is 16.9. The van der Waals surface area contributed by atoms with E-state index >= 15 is 0 Å². The standard InChI is InChI=1S/C23H24N2/c1-3-7-19(8-4-1)23(20-9-5-2-6-10-20)21-11-13-22(14-12-21)25-17-15-24-16-18-25/h1-14,23-24H,15-18H2. The molecule has 0 atom stereocenters. The van der Waals surface area contributed by atoms with Crippen LogP contribution in [0.4, 0.5) is 5.69 Å². The minimum absolute atomic E-state index is 0.277. The molecule has 126 valence electrons. The van der Waals surface area contributed by atoms with Gasteiger partial charge in [-0.2, -0.15) is 0 Å². The molecule has 0 bridgehead atoms. The Balaban J connectivity index is 1.68. The van der Waals surface area contributed by atoms with Gasteiger partial charge in [-0.05, 0) is 28.8 Å². The summed E-state index contributed by atoms with van der Waals surface area (Å²) in [5.41, 5.74) is 5.34. The first-order valence-electron chi connectivity index (χ1n) is 9.07. The second-order valence-electron chi connectivity index (χ2n) is 6.58. The Morgan fingerprint density at radius 3 is 1.60 bits per heavy atom. The molecular weight excluding hydrogens is 304 g/mol. The van der Waals surface area contributed by atoms with Crippen LogP contribution in [-0.4, -0.2) is 26.2 Å². The van der Waals surface area contributed by atoms with E-state index in [1.807, 2.05) is 0 Å². The van der Waals surface area contributed by atoms with Gasteiger partial charge in [0.1, 0.15) is 0 Å². The molecule has 2 heteroatoms. The van der Waals surface area contributed by atoms with Crippen LogP contribution in [-0.2, 0) is 0 Å². The van der Waals surface area contributed by atoms with E-state index in [1.54, 1.807) is 0 Å². The molecule has 3 aromatic rings. The molecule has 0 aromatic heterocycles. The summed E-state index contributed by atoms with van der Waals surface area (Å²) in [6.07, 6.45) is 0. The van der Waals surface area contributed by atoms with Gasteiger partial charge in [0, 0.05) is 37.8 Å². The third-order valence-corrected chi connectivity index (χ3v) is 4.97. The molecule has 4 rings (SSSR count). The van der Waals surface area contributed by atoms with Gasteiger partial charge in [-0.15, -0.1) is 0 Å². The average molecular weight is 328 g/mol. The van der Waals surface area contributed by atoms with Crippen molar-refractivity contribution in [2.24, 2.45) is 0 Å². The van der Waals surface area contributed by atoms with E-state index in [4.69, 9.17) is 0 Å². The number of piperazine rings is 1. The summed E-state index contributed by atoms with van der Waals surface area (Å²) < 4.78 is 0. The second-order valence-corrected chi connectivity index (χ2v) is 6.58. The maximum absolute atomic E-state index is 3.42.